The highest BCUT2D eigenvalue weighted by Crippen LogP contribution is 2.30. The molecule has 1 N–H and O–H groups in total. The Balaban J connectivity index is 2.13. The van der Waals surface area contributed by atoms with Crippen LogP contribution in [0.3, 0.4) is 0 Å². The number of aliphatic carboxylic acids is 1. The number of halogens is 2. The Morgan fingerprint density at radius 1 is 1.23 bits per heavy atom. The molecule has 0 bridgehead atoms. The number of rotatable bonds is 6. The fourth-order valence-corrected chi connectivity index (χ4v) is 3.31. The van der Waals surface area contributed by atoms with Gasteiger partial charge in [-0.2, -0.15) is 0 Å². The third-order valence-corrected chi connectivity index (χ3v) is 4.75. The van der Waals surface area contributed by atoms with E-state index in [1.54, 1.807) is 24.3 Å². The lowest BCUT2D eigenvalue weighted by atomic mass is 10.1. The van der Waals surface area contributed by atoms with Crippen LogP contribution in [0.2, 0.25) is 10.0 Å². The van der Waals surface area contributed by atoms with Gasteiger partial charge in [0.25, 0.3) is 0 Å². The molecule has 0 aliphatic rings. The van der Waals surface area contributed by atoms with Crippen molar-refractivity contribution in [3.63, 3.8) is 0 Å². The number of carboxylic acids is 1. The molecule has 0 saturated carbocycles. The highest BCUT2D eigenvalue weighted by atomic mass is 35.5. The lowest BCUT2D eigenvalue weighted by Gasteiger charge is -2.13. The first-order valence-corrected chi connectivity index (χ1v) is 8.10. The Labute approximate surface area is 143 Å². The first-order valence-electron chi connectivity index (χ1n) is 6.47. The summed E-state index contributed by atoms with van der Waals surface area (Å²) in [5.41, 5.74) is 0.847. The van der Waals surface area contributed by atoms with Crippen molar-refractivity contribution in [2.45, 2.75) is 16.6 Å². The average Bonchev–Trinajstić information content (AvgIpc) is 2.49. The van der Waals surface area contributed by atoms with Gasteiger partial charge in [0.1, 0.15) is 11.0 Å². The molecule has 0 aliphatic carbocycles. The molecule has 0 radical (unpaired) electrons. The van der Waals surface area contributed by atoms with Crippen molar-refractivity contribution in [2.75, 3.05) is 7.11 Å². The van der Waals surface area contributed by atoms with Gasteiger partial charge in [0.05, 0.1) is 12.1 Å². The zero-order valence-electron chi connectivity index (χ0n) is 11.8. The van der Waals surface area contributed by atoms with Gasteiger partial charge in [0.2, 0.25) is 0 Å². The number of benzene rings is 2. The third-order valence-electron chi connectivity index (χ3n) is 3.00. The van der Waals surface area contributed by atoms with Gasteiger partial charge in [-0.25, -0.2) is 0 Å². The second-order valence-electron chi connectivity index (χ2n) is 4.57. The van der Waals surface area contributed by atoms with E-state index in [-0.39, 0.29) is 0 Å². The predicted octanol–water partition coefficient (Wildman–Crippen LogP) is 4.79. The largest absolute Gasteiger partial charge is 0.495 e. The molecule has 0 aliphatic heterocycles. The topological polar surface area (TPSA) is 46.5 Å². The fourth-order valence-electron chi connectivity index (χ4n) is 1.91. The van der Waals surface area contributed by atoms with Crippen LogP contribution in [0.1, 0.15) is 5.56 Å². The van der Waals surface area contributed by atoms with E-state index >= 15 is 0 Å². The van der Waals surface area contributed by atoms with Crippen molar-refractivity contribution in [1.29, 1.82) is 0 Å². The first-order chi connectivity index (χ1) is 10.5. The van der Waals surface area contributed by atoms with E-state index in [0.717, 1.165) is 10.5 Å². The van der Waals surface area contributed by atoms with Gasteiger partial charge in [-0.3, -0.25) is 4.79 Å². The van der Waals surface area contributed by atoms with Crippen LogP contribution < -0.4 is 4.74 Å². The summed E-state index contributed by atoms with van der Waals surface area (Å²) >= 11 is 13.2. The van der Waals surface area contributed by atoms with Crippen LogP contribution in [0, 0.1) is 0 Å². The summed E-state index contributed by atoms with van der Waals surface area (Å²) in [5, 5.41) is 9.91. The van der Waals surface area contributed by atoms with Crippen LogP contribution in [-0.2, 0) is 11.2 Å². The smallest absolute Gasteiger partial charge is 0.317 e. The van der Waals surface area contributed by atoms with E-state index in [1.165, 1.54) is 18.9 Å². The molecule has 0 aromatic heterocycles. The molecule has 22 heavy (non-hydrogen) atoms. The number of ether oxygens (including phenoxy) is 1. The quantitative estimate of drug-likeness (QED) is 0.755. The van der Waals surface area contributed by atoms with Gasteiger partial charge in [-0.05, 0) is 48.4 Å². The Morgan fingerprint density at radius 3 is 2.45 bits per heavy atom. The standard InChI is InChI=1S/C16H14Cl2O3S/c1-21-14-7-2-10(8-13(14)18)9-15(16(19)20)22-12-5-3-11(17)4-6-12/h2-8,15H,9H2,1H3,(H,19,20). The molecule has 2 aromatic rings. The number of hydrogen-bond acceptors (Lipinski definition) is 3. The van der Waals surface area contributed by atoms with Crippen LogP contribution in [0.25, 0.3) is 0 Å². The van der Waals surface area contributed by atoms with Crippen molar-refractivity contribution >= 4 is 40.9 Å². The Bertz CT molecular complexity index is 659. The zero-order valence-corrected chi connectivity index (χ0v) is 14.1. The summed E-state index contributed by atoms with van der Waals surface area (Å²) in [4.78, 5) is 12.3. The van der Waals surface area contributed by atoms with E-state index in [1.807, 2.05) is 18.2 Å². The fraction of sp³-hybridized carbons (Fsp3) is 0.188. The van der Waals surface area contributed by atoms with Crippen molar-refractivity contribution in [3.8, 4) is 5.75 Å². The maximum absolute atomic E-state index is 11.5. The van der Waals surface area contributed by atoms with Gasteiger partial charge in [-0.1, -0.05) is 29.3 Å². The number of methoxy groups -OCH3 is 1. The molecule has 6 heteroatoms. The maximum Gasteiger partial charge on any atom is 0.317 e. The molecule has 0 heterocycles. The van der Waals surface area contributed by atoms with Gasteiger partial charge in [0.15, 0.2) is 0 Å². The minimum absolute atomic E-state index is 0.367. The molecule has 1 atom stereocenters. The molecule has 2 aromatic carbocycles. The second-order valence-corrected chi connectivity index (χ2v) is 6.69. The van der Waals surface area contributed by atoms with Crippen LogP contribution in [0.5, 0.6) is 5.75 Å². The highest BCUT2D eigenvalue weighted by Gasteiger charge is 2.20. The molecule has 0 amide bonds. The van der Waals surface area contributed by atoms with Gasteiger partial charge < -0.3 is 9.84 Å². The molecule has 2 rings (SSSR count). The van der Waals surface area contributed by atoms with Gasteiger partial charge in [0, 0.05) is 9.92 Å². The van der Waals surface area contributed by atoms with Crippen LogP contribution >= 0.6 is 35.0 Å². The Morgan fingerprint density at radius 2 is 1.91 bits per heavy atom. The SMILES string of the molecule is COc1ccc(CC(Sc2ccc(Cl)cc2)C(=O)O)cc1Cl. The Hall–Kier alpha value is -1.36. The minimum atomic E-state index is -0.869. The maximum atomic E-state index is 11.5. The molecule has 0 saturated heterocycles. The van der Waals surface area contributed by atoms with Gasteiger partial charge in [-0.15, -0.1) is 11.8 Å². The zero-order chi connectivity index (χ0) is 16.1. The number of hydrogen-bond donors (Lipinski definition) is 1. The second kappa shape index (κ2) is 7.77. The van der Waals surface area contributed by atoms with Crippen LogP contribution in [0.4, 0.5) is 0 Å². The molecular formula is C16H14Cl2O3S. The van der Waals surface area contributed by atoms with Gasteiger partial charge >= 0.3 is 5.97 Å². The summed E-state index contributed by atoms with van der Waals surface area (Å²) in [7, 11) is 1.54. The van der Waals surface area contributed by atoms with Crippen molar-refractivity contribution in [1.82, 2.24) is 0 Å². The number of thioether (sulfide) groups is 1. The number of carbonyl (C=O) groups is 1. The van der Waals surface area contributed by atoms with Crippen molar-refractivity contribution in [3.05, 3.63) is 58.1 Å². The third kappa shape index (κ3) is 4.57. The summed E-state index contributed by atoms with van der Waals surface area (Å²) in [6.07, 6.45) is 0.367. The highest BCUT2D eigenvalue weighted by molar-refractivity contribution is 8.00. The van der Waals surface area contributed by atoms with Crippen LogP contribution in [0.15, 0.2) is 47.4 Å². The predicted molar refractivity (Wildman–Crippen MR) is 90.4 cm³/mol. The first kappa shape index (κ1) is 17.0. The molecule has 1 unspecified atom stereocenters. The summed E-state index contributed by atoms with van der Waals surface area (Å²) in [5.74, 6) is -0.297. The van der Waals surface area contributed by atoms with E-state index < -0.39 is 11.2 Å². The number of carboxylic acid groups (broad SMARTS) is 1. The molecule has 3 nitrogen and oxygen atoms in total. The average molecular weight is 357 g/mol. The van der Waals surface area contributed by atoms with E-state index in [9.17, 15) is 9.90 Å². The molecule has 0 fully saturated rings. The van der Waals surface area contributed by atoms with E-state index in [2.05, 4.69) is 0 Å². The lowest BCUT2D eigenvalue weighted by molar-refractivity contribution is -0.136. The van der Waals surface area contributed by atoms with Crippen LogP contribution in [-0.4, -0.2) is 23.4 Å². The molecule has 116 valence electrons. The summed E-state index contributed by atoms with van der Waals surface area (Å²) < 4.78 is 5.09. The molecule has 0 spiro atoms. The normalized spacial score (nSPS) is 12.0. The molecular weight excluding hydrogens is 343 g/mol. The monoisotopic (exact) mass is 356 g/mol. The van der Waals surface area contributed by atoms with Crippen molar-refractivity contribution < 1.29 is 14.6 Å². The van der Waals surface area contributed by atoms with E-state index in [4.69, 9.17) is 27.9 Å². The lowest BCUT2D eigenvalue weighted by Crippen LogP contribution is -2.19. The van der Waals surface area contributed by atoms with E-state index in [0.29, 0.717) is 22.2 Å². The Kier molecular flexibility index (Phi) is 6.00. The summed E-state index contributed by atoms with van der Waals surface area (Å²) in [6, 6.07) is 12.4. The summed E-state index contributed by atoms with van der Waals surface area (Å²) in [6.45, 7) is 0. The minimum Gasteiger partial charge on any atom is -0.495 e. The van der Waals surface area contributed by atoms with Crippen molar-refractivity contribution in [2.24, 2.45) is 0 Å².